The van der Waals surface area contributed by atoms with Gasteiger partial charge in [-0.05, 0) is 24.3 Å². The largest absolute Gasteiger partial charge is 0.454 e. The summed E-state index contributed by atoms with van der Waals surface area (Å²) in [4.78, 5) is 16.3. The highest BCUT2D eigenvalue weighted by molar-refractivity contribution is 7.14. The van der Waals surface area contributed by atoms with E-state index in [-0.39, 0.29) is 13.3 Å². The number of nitrogens with zero attached hydrogens (tertiary/aromatic N) is 3. The van der Waals surface area contributed by atoms with E-state index in [1.54, 1.807) is 17.5 Å². The van der Waals surface area contributed by atoms with E-state index in [9.17, 15) is 18.0 Å². The SMILES string of the molecule is O=C(Cn1ccc(C(F)(F)F)n1)Nc1nc(-c2ccc3c(c2)OCO3)cs1. The molecule has 3 heterocycles. The van der Waals surface area contributed by atoms with Crippen LogP contribution in [0.25, 0.3) is 11.3 Å². The highest BCUT2D eigenvalue weighted by Crippen LogP contribution is 2.36. The molecule has 1 N–H and O–H groups in total. The molecule has 3 aromatic rings. The first-order valence-corrected chi connectivity index (χ1v) is 8.52. The van der Waals surface area contributed by atoms with Crippen molar-refractivity contribution in [2.45, 2.75) is 12.7 Å². The van der Waals surface area contributed by atoms with Crippen LogP contribution in [0.4, 0.5) is 18.3 Å². The average Bonchev–Trinajstić information content (AvgIpc) is 3.33. The molecule has 0 saturated carbocycles. The Morgan fingerprint density at radius 3 is 2.85 bits per heavy atom. The number of ether oxygens (including phenoxy) is 2. The molecule has 11 heteroatoms. The number of hydrogen-bond acceptors (Lipinski definition) is 6. The lowest BCUT2D eigenvalue weighted by Gasteiger charge is -2.03. The van der Waals surface area contributed by atoms with Crippen molar-refractivity contribution in [2.75, 3.05) is 12.1 Å². The van der Waals surface area contributed by atoms with E-state index in [2.05, 4.69) is 15.4 Å². The van der Waals surface area contributed by atoms with Crippen molar-refractivity contribution >= 4 is 22.4 Å². The van der Waals surface area contributed by atoms with Gasteiger partial charge in [0, 0.05) is 17.1 Å². The normalized spacial score (nSPS) is 13.0. The van der Waals surface area contributed by atoms with E-state index >= 15 is 0 Å². The van der Waals surface area contributed by atoms with Crippen LogP contribution in [0.2, 0.25) is 0 Å². The topological polar surface area (TPSA) is 78.3 Å². The van der Waals surface area contributed by atoms with Crippen molar-refractivity contribution < 1.29 is 27.4 Å². The number of alkyl halides is 3. The van der Waals surface area contributed by atoms with Crippen molar-refractivity contribution in [1.82, 2.24) is 14.8 Å². The maximum atomic E-state index is 12.5. The molecule has 140 valence electrons. The Morgan fingerprint density at radius 1 is 1.26 bits per heavy atom. The first-order valence-electron chi connectivity index (χ1n) is 7.64. The summed E-state index contributed by atoms with van der Waals surface area (Å²) in [5.74, 6) is 0.739. The molecule has 7 nitrogen and oxygen atoms in total. The number of fused-ring (bicyclic) bond motifs is 1. The molecule has 0 bridgehead atoms. The molecule has 0 fully saturated rings. The van der Waals surface area contributed by atoms with Crippen molar-refractivity contribution in [3.8, 4) is 22.8 Å². The Hall–Kier alpha value is -3.08. The number of anilines is 1. The van der Waals surface area contributed by atoms with E-state index in [0.29, 0.717) is 22.3 Å². The molecule has 27 heavy (non-hydrogen) atoms. The minimum absolute atomic E-state index is 0.167. The van der Waals surface area contributed by atoms with Gasteiger partial charge in [0.2, 0.25) is 12.7 Å². The molecule has 0 unspecified atom stereocenters. The van der Waals surface area contributed by atoms with Crippen LogP contribution in [-0.4, -0.2) is 27.5 Å². The second-order valence-electron chi connectivity index (χ2n) is 5.55. The third-order valence-corrected chi connectivity index (χ3v) is 4.41. The summed E-state index contributed by atoms with van der Waals surface area (Å²) in [6.45, 7) is -0.185. The summed E-state index contributed by atoms with van der Waals surface area (Å²) in [6.07, 6.45) is -3.45. The van der Waals surface area contributed by atoms with Gasteiger partial charge in [-0.2, -0.15) is 18.3 Å². The first kappa shape index (κ1) is 17.3. The summed E-state index contributed by atoms with van der Waals surface area (Å²) in [6, 6.07) is 6.18. The summed E-state index contributed by atoms with van der Waals surface area (Å²) in [5.41, 5.74) is 0.375. The molecule has 0 atom stereocenters. The fraction of sp³-hybridized carbons (Fsp3) is 0.188. The lowest BCUT2D eigenvalue weighted by molar-refractivity contribution is -0.141. The van der Waals surface area contributed by atoms with Crippen LogP contribution in [0.3, 0.4) is 0 Å². The Labute approximate surface area is 154 Å². The van der Waals surface area contributed by atoms with Gasteiger partial charge in [0.15, 0.2) is 22.3 Å². The standard InChI is InChI=1S/C16H11F3N4O3S/c17-16(18,19)13-3-4-23(22-13)6-14(24)21-15-20-10(7-27-15)9-1-2-11-12(5-9)26-8-25-11/h1-5,7H,6,8H2,(H,20,21,24). The Balaban J connectivity index is 1.42. The third-order valence-electron chi connectivity index (χ3n) is 3.66. The molecule has 0 aliphatic carbocycles. The first-order chi connectivity index (χ1) is 12.9. The molecular formula is C16H11F3N4O3S. The van der Waals surface area contributed by atoms with Gasteiger partial charge in [0.25, 0.3) is 0 Å². The molecule has 0 spiro atoms. The number of benzene rings is 1. The number of hydrogen-bond donors (Lipinski definition) is 1. The van der Waals surface area contributed by atoms with Crippen LogP contribution in [0.5, 0.6) is 11.5 Å². The second kappa shape index (κ2) is 6.58. The van der Waals surface area contributed by atoms with Crippen molar-refractivity contribution in [3.05, 3.63) is 41.5 Å². The average molecular weight is 396 g/mol. The van der Waals surface area contributed by atoms with Crippen LogP contribution in [0, 0.1) is 0 Å². The predicted octanol–water partition coefficient (Wildman–Crippen LogP) is 3.39. The Bertz CT molecular complexity index is 999. The number of halogens is 3. The van der Waals surface area contributed by atoms with Crippen LogP contribution < -0.4 is 14.8 Å². The van der Waals surface area contributed by atoms with Gasteiger partial charge >= 0.3 is 6.18 Å². The highest BCUT2D eigenvalue weighted by atomic mass is 32.1. The second-order valence-corrected chi connectivity index (χ2v) is 6.41. The molecule has 4 rings (SSSR count). The molecule has 1 aromatic carbocycles. The maximum absolute atomic E-state index is 12.5. The van der Waals surface area contributed by atoms with Gasteiger partial charge in [0.1, 0.15) is 6.54 Å². The maximum Gasteiger partial charge on any atom is 0.435 e. The van der Waals surface area contributed by atoms with E-state index in [1.807, 2.05) is 6.07 Å². The fourth-order valence-corrected chi connectivity index (χ4v) is 3.16. The lowest BCUT2D eigenvalue weighted by atomic mass is 10.1. The third kappa shape index (κ3) is 3.72. The van der Waals surface area contributed by atoms with Crippen LogP contribution in [-0.2, 0) is 17.5 Å². The number of aromatic nitrogens is 3. The number of carbonyl (C=O) groups excluding carboxylic acids is 1. The molecule has 1 amide bonds. The minimum atomic E-state index is -4.55. The lowest BCUT2D eigenvalue weighted by Crippen LogP contribution is -2.19. The zero-order valence-corrected chi connectivity index (χ0v) is 14.3. The Kier molecular flexibility index (Phi) is 4.22. The number of carbonyl (C=O) groups is 1. The molecule has 0 saturated heterocycles. The molecule has 1 aliphatic heterocycles. The smallest absolute Gasteiger partial charge is 0.435 e. The number of amides is 1. The number of thiazole rings is 1. The van der Waals surface area contributed by atoms with Crippen molar-refractivity contribution in [1.29, 1.82) is 0 Å². The van der Waals surface area contributed by atoms with Gasteiger partial charge in [0.05, 0.1) is 5.69 Å². The van der Waals surface area contributed by atoms with E-state index in [0.717, 1.165) is 22.5 Å². The van der Waals surface area contributed by atoms with Gasteiger partial charge in [-0.3, -0.25) is 9.48 Å². The fourth-order valence-electron chi connectivity index (χ4n) is 2.43. The zero-order valence-electron chi connectivity index (χ0n) is 13.5. The van der Waals surface area contributed by atoms with Gasteiger partial charge < -0.3 is 14.8 Å². The number of rotatable bonds is 4. The van der Waals surface area contributed by atoms with Crippen LogP contribution >= 0.6 is 11.3 Å². The minimum Gasteiger partial charge on any atom is -0.454 e. The summed E-state index contributed by atoms with van der Waals surface area (Å²) in [5, 5.41) is 7.97. The van der Waals surface area contributed by atoms with Crippen LogP contribution in [0.1, 0.15) is 5.69 Å². The van der Waals surface area contributed by atoms with Crippen LogP contribution in [0.15, 0.2) is 35.8 Å². The monoisotopic (exact) mass is 396 g/mol. The van der Waals surface area contributed by atoms with Crippen molar-refractivity contribution in [2.24, 2.45) is 0 Å². The van der Waals surface area contributed by atoms with Crippen molar-refractivity contribution in [3.63, 3.8) is 0 Å². The van der Waals surface area contributed by atoms with Gasteiger partial charge in [-0.15, -0.1) is 11.3 Å². The van der Waals surface area contributed by atoms with Gasteiger partial charge in [-0.25, -0.2) is 4.98 Å². The highest BCUT2D eigenvalue weighted by Gasteiger charge is 2.33. The zero-order chi connectivity index (χ0) is 19.0. The summed E-state index contributed by atoms with van der Waals surface area (Å²) in [7, 11) is 0. The molecule has 1 aliphatic rings. The molecule has 0 radical (unpaired) electrons. The number of nitrogens with one attached hydrogen (secondary N) is 1. The van der Waals surface area contributed by atoms with E-state index in [1.165, 1.54) is 11.3 Å². The molecule has 2 aromatic heterocycles. The van der Waals surface area contributed by atoms with E-state index in [4.69, 9.17) is 9.47 Å². The summed E-state index contributed by atoms with van der Waals surface area (Å²) >= 11 is 1.20. The quantitative estimate of drug-likeness (QED) is 0.732. The Morgan fingerprint density at radius 2 is 2.07 bits per heavy atom. The summed E-state index contributed by atoms with van der Waals surface area (Å²) < 4.78 is 49.1. The van der Waals surface area contributed by atoms with Gasteiger partial charge in [-0.1, -0.05) is 0 Å². The van der Waals surface area contributed by atoms with E-state index < -0.39 is 17.8 Å². The molecular weight excluding hydrogens is 385 g/mol. The predicted molar refractivity (Wildman–Crippen MR) is 89.5 cm³/mol.